The average molecular weight is 601 g/mol. The highest BCUT2D eigenvalue weighted by Crippen LogP contribution is 2.80. The van der Waals surface area contributed by atoms with Crippen molar-refractivity contribution < 1.29 is 43.9 Å². The molecule has 236 valence electrons. The lowest BCUT2D eigenvalue weighted by molar-refractivity contribution is -0.369. The topological polar surface area (TPSA) is 147 Å². The number of methoxy groups -OCH3 is 3. The molecule has 1 aliphatic heterocycles. The molecule has 6 aliphatic rings. The number of para-hydroxylation sites is 1. The number of amides is 1. The van der Waals surface area contributed by atoms with Gasteiger partial charge < -0.3 is 39.6 Å². The Labute approximate surface area is 251 Å². The Bertz CT molecular complexity index is 1340. The van der Waals surface area contributed by atoms with E-state index in [1.807, 2.05) is 6.92 Å². The van der Waals surface area contributed by atoms with Crippen molar-refractivity contribution in [3.63, 3.8) is 0 Å². The van der Waals surface area contributed by atoms with Crippen LogP contribution in [-0.2, 0) is 23.7 Å². The van der Waals surface area contributed by atoms with E-state index >= 15 is 0 Å². The molecule has 1 spiro atoms. The molecule has 43 heavy (non-hydrogen) atoms. The third kappa shape index (κ3) is 3.24. The Morgan fingerprint density at radius 3 is 2.44 bits per heavy atom. The zero-order valence-corrected chi connectivity index (χ0v) is 25.5. The SMILES string of the molecule is CCN1C[C@]2(OC(=O)c3ccccc3NC(C)=O)CC[C@H](OC)[C@@]34[C@@H]2C[C@@](O)([C@@H]13)[C@@]1(O)C[C@H](OC)[C@@H]2C[C@@H]4[C@]1(O)[C@H]2OC. The highest BCUT2D eigenvalue weighted by atomic mass is 16.6. The molecule has 7 rings (SSSR count). The number of nitrogens with one attached hydrogen (secondary N) is 1. The molecule has 6 fully saturated rings. The molecule has 0 radical (unpaired) electrons. The summed E-state index contributed by atoms with van der Waals surface area (Å²) in [6, 6.07) is 6.23. The molecule has 12 atom stereocenters. The standard InChI is InChI=1S/C32H44N2O9/c1-6-34-16-28(43-26(36)18-9-7-8-10-20(18)33-17(2)35)12-11-24(41-4)31-22-13-19-21(40-3)14-30(38,32(22,39)25(19)42-5)29(37,27(31)34)15-23(28)31/h7-10,19,21-25,27,37-39H,6,11-16H2,1-5H3,(H,33,35)/t19-,21-,22-,23+,24-,25-,27+,28+,29+,30-,31+,32-/m0/s1. The van der Waals surface area contributed by atoms with Gasteiger partial charge in [-0.25, -0.2) is 4.79 Å². The summed E-state index contributed by atoms with van der Waals surface area (Å²) in [5.41, 5.74) is -6.72. The number of benzene rings is 1. The van der Waals surface area contributed by atoms with Crippen molar-refractivity contribution in [3.05, 3.63) is 29.8 Å². The normalized spacial score (nSPS) is 49.1. The van der Waals surface area contributed by atoms with Crippen molar-refractivity contribution in [2.45, 2.75) is 92.7 Å². The number of ether oxygens (including phenoxy) is 4. The van der Waals surface area contributed by atoms with Gasteiger partial charge in [0, 0.05) is 64.4 Å². The van der Waals surface area contributed by atoms with Gasteiger partial charge in [0.05, 0.1) is 35.6 Å². The van der Waals surface area contributed by atoms with E-state index in [2.05, 4.69) is 10.2 Å². The fourth-order valence-electron chi connectivity index (χ4n) is 11.6. The van der Waals surface area contributed by atoms with Crippen molar-refractivity contribution in [2.24, 2.45) is 23.2 Å². The van der Waals surface area contributed by atoms with Crippen molar-refractivity contribution in [3.8, 4) is 0 Å². The predicted octanol–water partition coefficient (Wildman–Crippen LogP) is 1.34. The molecule has 1 amide bonds. The number of carbonyl (C=O) groups excluding carboxylic acids is 2. The molecule has 11 nitrogen and oxygen atoms in total. The molecular formula is C32H44N2O9. The van der Waals surface area contributed by atoms with E-state index < -0.39 is 63.9 Å². The number of nitrogens with zero attached hydrogens (tertiary/aromatic N) is 1. The number of likely N-dealkylation sites (tertiary alicyclic amines) is 1. The summed E-state index contributed by atoms with van der Waals surface area (Å²) in [6.45, 7) is 4.30. The van der Waals surface area contributed by atoms with Gasteiger partial charge in [-0.2, -0.15) is 0 Å². The summed E-state index contributed by atoms with van der Waals surface area (Å²) in [6.07, 6.45) is 0.245. The highest BCUT2D eigenvalue weighted by molar-refractivity contribution is 6.00. The maximum absolute atomic E-state index is 14.0. The number of likely N-dealkylation sites (N-methyl/N-ethyl adjacent to an activating group) is 1. The number of aliphatic hydroxyl groups is 3. The fraction of sp³-hybridized carbons (Fsp3) is 0.750. The van der Waals surface area contributed by atoms with Gasteiger partial charge in [-0.3, -0.25) is 9.69 Å². The minimum atomic E-state index is -1.93. The first-order chi connectivity index (χ1) is 20.4. The number of esters is 1. The Hall–Kier alpha value is -2.12. The van der Waals surface area contributed by atoms with E-state index in [-0.39, 0.29) is 36.3 Å². The molecule has 0 aromatic heterocycles. The zero-order valence-electron chi connectivity index (χ0n) is 25.5. The largest absolute Gasteiger partial charge is 0.454 e. The highest BCUT2D eigenvalue weighted by Gasteiger charge is 2.93. The Balaban J connectivity index is 1.41. The first-order valence-corrected chi connectivity index (χ1v) is 15.5. The molecule has 1 aromatic carbocycles. The molecule has 5 aliphatic carbocycles. The first-order valence-electron chi connectivity index (χ1n) is 15.5. The van der Waals surface area contributed by atoms with Crippen LogP contribution in [0.25, 0.3) is 0 Å². The molecule has 4 N–H and O–H groups in total. The van der Waals surface area contributed by atoms with Crippen LogP contribution in [0.15, 0.2) is 24.3 Å². The third-order valence-electron chi connectivity index (χ3n) is 12.7. The van der Waals surface area contributed by atoms with Crippen molar-refractivity contribution in [1.29, 1.82) is 0 Å². The summed E-state index contributed by atoms with van der Waals surface area (Å²) < 4.78 is 24.8. The summed E-state index contributed by atoms with van der Waals surface area (Å²) in [7, 11) is 4.82. The number of rotatable bonds is 7. The number of carbonyl (C=O) groups is 2. The van der Waals surface area contributed by atoms with Crippen LogP contribution in [0.1, 0.15) is 56.3 Å². The lowest BCUT2D eigenvalue weighted by Crippen LogP contribution is -2.87. The minimum absolute atomic E-state index is 0.0723. The molecule has 1 aromatic rings. The molecule has 1 saturated heterocycles. The van der Waals surface area contributed by atoms with E-state index in [0.29, 0.717) is 38.0 Å². The molecule has 11 heteroatoms. The summed E-state index contributed by atoms with van der Waals surface area (Å²) in [4.78, 5) is 28.1. The monoisotopic (exact) mass is 600 g/mol. The van der Waals surface area contributed by atoms with Crippen LogP contribution >= 0.6 is 0 Å². The summed E-state index contributed by atoms with van der Waals surface area (Å²) in [5.74, 6) is -1.97. The third-order valence-corrected chi connectivity index (χ3v) is 12.7. The summed E-state index contributed by atoms with van der Waals surface area (Å²) >= 11 is 0. The Morgan fingerprint density at radius 1 is 1.05 bits per heavy atom. The van der Waals surface area contributed by atoms with Crippen LogP contribution in [0.2, 0.25) is 0 Å². The van der Waals surface area contributed by atoms with Crippen LogP contribution in [0, 0.1) is 23.2 Å². The van der Waals surface area contributed by atoms with E-state index in [0.717, 1.165) is 0 Å². The second kappa shape index (κ2) is 9.45. The first kappa shape index (κ1) is 29.6. The summed E-state index contributed by atoms with van der Waals surface area (Å²) in [5, 5.41) is 41.5. The molecule has 1 heterocycles. The zero-order chi connectivity index (χ0) is 30.7. The van der Waals surface area contributed by atoms with Crippen LogP contribution in [0.3, 0.4) is 0 Å². The van der Waals surface area contributed by atoms with E-state index in [9.17, 15) is 24.9 Å². The average Bonchev–Trinajstić information content (AvgIpc) is 3.36. The smallest absolute Gasteiger partial charge is 0.340 e. The van der Waals surface area contributed by atoms with Crippen LogP contribution < -0.4 is 5.32 Å². The fourth-order valence-corrected chi connectivity index (χ4v) is 11.6. The van der Waals surface area contributed by atoms with E-state index in [1.165, 1.54) is 6.92 Å². The molecule has 5 saturated carbocycles. The van der Waals surface area contributed by atoms with Crippen LogP contribution in [0.5, 0.6) is 0 Å². The lowest BCUT2D eigenvalue weighted by Gasteiger charge is -2.71. The van der Waals surface area contributed by atoms with Crippen molar-refractivity contribution >= 4 is 17.6 Å². The van der Waals surface area contributed by atoms with Gasteiger partial charge in [-0.1, -0.05) is 19.1 Å². The van der Waals surface area contributed by atoms with Gasteiger partial charge in [0.25, 0.3) is 0 Å². The van der Waals surface area contributed by atoms with Gasteiger partial charge in [-0.05, 0) is 44.4 Å². The van der Waals surface area contributed by atoms with Crippen LogP contribution in [0.4, 0.5) is 5.69 Å². The maximum Gasteiger partial charge on any atom is 0.340 e. The van der Waals surface area contributed by atoms with Gasteiger partial charge in [0.15, 0.2) is 0 Å². The molecule has 0 unspecified atom stereocenters. The second-order valence-electron chi connectivity index (χ2n) is 13.9. The second-order valence-corrected chi connectivity index (χ2v) is 13.9. The number of hydrogen-bond donors (Lipinski definition) is 4. The van der Waals surface area contributed by atoms with Gasteiger partial charge in [0.1, 0.15) is 22.4 Å². The lowest BCUT2D eigenvalue weighted by atomic mass is 9.43. The number of fused-ring (bicyclic) bond motifs is 2. The number of hydrogen-bond acceptors (Lipinski definition) is 10. The number of piperidine rings is 1. The molecular weight excluding hydrogens is 556 g/mol. The number of anilines is 1. The van der Waals surface area contributed by atoms with E-state index in [4.69, 9.17) is 18.9 Å². The van der Waals surface area contributed by atoms with Crippen molar-refractivity contribution in [2.75, 3.05) is 39.7 Å². The van der Waals surface area contributed by atoms with Gasteiger partial charge in [-0.15, -0.1) is 0 Å². The maximum atomic E-state index is 14.0. The predicted molar refractivity (Wildman–Crippen MR) is 153 cm³/mol. The van der Waals surface area contributed by atoms with E-state index in [1.54, 1.807) is 45.6 Å². The quantitative estimate of drug-likeness (QED) is 0.338. The van der Waals surface area contributed by atoms with Crippen molar-refractivity contribution in [1.82, 2.24) is 4.90 Å². The Morgan fingerprint density at radius 2 is 1.79 bits per heavy atom. The van der Waals surface area contributed by atoms with Crippen LogP contribution in [-0.4, -0.2) is 113 Å². The minimum Gasteiger partial charge on any atom is -0.454 e. The van der Waals surface area contributed by atoms with Gasteiger partial charge in [0.2, 0.25) is 5.91 Å². The van der Waals surface area contributed by atoms with Gasteiger partial charge >= 0.3 is 5.97 Å². The Kier molecular flexibility index (Phi) is 6.50. The molecule has 7 bridgehead atoms.